The monoisotopic (exact) mass is 332 g/mol. The predicted octanol–water partition coefficient (Wildman–Crippen LogP) is 2.90. The van der Waals surface area contributed by atoms with Crippen LogP contribution in [-0.4, -0.2) is 43.1 Å². The third-order valence-corrected chi connectivity index (χ3v) is 4.97. The molecule has 1 saturated heterocycles. The van der Waals surface area contributed by atoms with Gasteiger partial charge in [-0.2, -0.15) is 11.8 Å². The van der Waals surface area contributed by atoms with E-state index in [-0.39, 0.29) is 11.9 Å². The maximum absolute atomic E-state index is 14.0. The average Bonchev–Trinajstić information content (AvgIpc) is 2.36. The molecular formula is C13H18BrFN2S. The van der Waals surface area contributed by atoms with Gasteiger partial charge in [0.25, 0.3) is 0 Å². The molecule has 0 saturated carbocycles. The van der Waals surface area contributed by atoms with Crippen LogP contribution in [0, 0.1) is 5.82 Å². The Kier molecular flexibility index (Phi) is 5.06. The first kappa shape index (κ1) is 14.3. The van der Waals surface area contributed by atoms with Gasteiger partial charge in [0.2, 0.25) is 0 Å². The van der Waals surface area contributed by atoms with Gasteiger partial charge < -0.3 is 5.32 Å². The highest BCUT2D eigenvalue weighted by Gasteiger charge is 2.29. The SMILES string of the molecule is CNC(c1cc(Br)ccc1F)C1CSCCN1C. The van der Waals surface area contributed by atoms with E-state index in [0.29, 0.717) is 6.04 Å². The lowest BCUT2D eigenvalue weighted by molar-refractivity contribution is 0.218. The molecule has 5 heteroatoms. The zero-order valence-corrected chi connectivity index (χ0v) is 13.0. The molecule has 1 aromatic carbocycles. The molecule has 1 heterocycles. The molecule has 0 radical (unpaired) electrons. The van der Waals surface area contributed by atoms with Crippen molar-refractivity contribution in [1.82, 2.24) is 10.2 Å². The highest BCUT2D eigenvalue weighted by Crippen LogP contribution is 2.29. The summed E-state index contributed by atoms with van der Waals surface area (Å²) in [5.74, 6) is 2.06. The first-order valence-electron chi connectivity index (χ1n) is 6.03. The molecular weight excluding hydrogens is 315 g/mol. The Labute approximate surface area is 120 Å². The van der Waals surface area contributed by atoms with E-state index in [0.717, 1.165) is 28.1 Å². The number of benzene rings is 1. The Morgan fingerprint density at radius 3 is 3.00 bits per heavy atom. The molecule has 0 bridgehead atoms. The van der Waals surface area contributed by atoms with Crippen LogP contribution < -0.4 is 5.32 Å². The van der Waals surface area contributed by atoms with Crippen molar-refractivity contribution in [3.63, 3.8) is 0 Å². The number of hydrogen-bond donors (Lipinski definition) is 1. The van der Waals surface area contributed by atoms with E-state index < -0.39 is 0 Å². The van der Waals surface area contributed by atoms with Gasteiger partial charge in [0.1, 0.15) is 5.82 Å². The van der Waals surface area contributed by atoms with Crippen LogP contribution in [0.1, 0.15) is 11.6 Å². The number of thioether (sulfide) groups is 1. The van der Waals surface area contributed by atoms with Gasteiger partial charge in [0.05, 0.1) is 6.04 Å². The normalized spacial score (nSPS) is 23.0. The van der Waals surface area contributed by atoms with Crippen LogP contribution in [0.2, 0.25) is 0 Å². The second-order valence-electron chi connectivity index (χ2n) is 4.56. The van der Waals surface area contributed by atoms with Crippen LogP contribution in [-0.2, 0) is 0 Å². The van der Waals surface area contributed by atoms with Gasteiger partial charge in [0, 0.05) is 34.1 Å². The van der Waals surface area contributed by atoms with E-state index in [1.54, 1.807) is 6.07 Å². The molecule has 1 aliphatic rings. The highest BCUT2D eigenvalue weighted by molar-refractivity contribution is 9.10. The standard InChI is InChI=1S/C13H18BrFN2S/c1-16-13(12-8-18-6-5-17(12)2)10-7-9(14)3-4-11(10)15/h3-4,7,12-13,16H,5-6,8H2,1-2H3. The summed E-state index contributed by atoms with van der Waals surface area (Å²) in [5, 5.41) is 3.27. The van der Waals surface area contributed by atoms with E-state index in [2.05, 4.69) is 33.2 Å². The lowest BCUT2D eigenvalue weighted by Crippen LogP contribution is -2.47. The van der Waals surface area contributed by atoms with Crippen molar-refractivity contribution < 1.29 is 4.39 Å². The van der Waals surface area contributed by atoms with Gasteiger partial charge in [-0.1, -0.05) is 15.9 Å². The van der Waals surface area contributed by atoms with Crippen molar-refractivity contribution in [3.8, 4) is 0 Å². The largest absolute Gasteiger partial charge is 0.312 e. The van der Waals surface area contributed by atoms with E-state index in [9.17, 15) is 4.39 Å². The number of nitrogens with one attached hydrogen (secondary N) is 1. The van der Waals surface area contributed by atoms with Crippen LogP contribution in [0.25, 0.3) is 0 Å². The second-order valence-corrected chi connectivity index (χ2v) is 6.62. The lowest BCUT2D eigenvalue weighted by Gasteiger charge is -2.38. The second kappa shape index (κ2) is 6.37. The quantitative estimate of drug-likeness (QED) is 0.916. The number of likely N-dealkylation sites (N-methyl/N-ethyl adjacent to an activating group) is 2. The molecule has 2 rings (SSSR count). The van der Waals surface area contributed by atoms with Crippen molar-refractivity contribution in [2.24, 2.45) is 0 Å². The van der Waals surface area contributed by atoms with Gasteiger partial charge >= 0.3 is 0 Å². The first-order chi connectivity index (χ1) is 8.63. The van der Waals surface area contributed by atoms with Gasteiger partial charge in [-0.3, -0.25) is 4.90 Å². The highest BCUT2D eigenvalue weighted by atomic mass is 79.9. The van der Waals surface area contributed by atoms with Gasteiger partial charge in [0.15, 0.2) is 0 Å². The third-order valence-electron chi connectivity index (χ3n) is 3.43. The van der Waals surface area contributed by atoms with Gasteiger partial charge in [-0.25, -0.2) is 4.39 Å². The van der Waals surface area contributed by atoms with Crippen LogP contribution in [0.5, 0.6) is 0 Å². The van der Waals surface area contributed by atoms with Crippen LogP contribution in [0.3, 0.4) is 0 Å². The summed E-state index contributed by atoms with van der Waals surface area (Å²) in [7, 11) is 4.02. The Bertz CT molecular complexity index is 416. The minimum absolute atomic E-state index is 0.0281. The van der Waals surface area contributed by atoms with E-state index in [1.165, 1.54) is 6.07 Å². The van der Waals surface area contributed by atoms with Crippen molar-refractivity contribution >= 4 is 27.7 Å². The molecule has 0 spiro atoms. The average molecular weight is 333 g/mol. The molecule has 1 aromatic rings. The van der Waals surface area contributed by atoms with Crippen molar-refractivity contribution in [2.45, 2.75) is 12.1 Å². The van der Waals surface area contributed by atoms with Gasteiger partial charge in [-0.05, 0) is 32.3 Å². The smallest absolute Gasteiger partial charge is 0.128 e. The topological polar surface area (TPSA) is 15.3 Å². The molecule has 2 nitrogen and oxygen atoms in total. The van der Waals surface area contributed by atoms with Crippen molar-refractivity contribution in [2.75, 3.05) is 32.1 Å². The maximum Gasteiger partial charge on any atom is 0.128 e. The number of hydrogen-bond acceptors (Lipinski definition) is 3. The molecule has 18 heavy (non-hydrogen) atoms. The predicted molar refractivity (Wildman–Crippen MR) is 79.6 cm³/mol. The van der Waals surface area contributed by atoms with Crippen LogP contribution in [0.15, 0.2) is 22.7 Å². The molecule has 2 atom stereocenters. The minimum Gasteiger partial charge on any atom is -0.312 e. The van der Waals surface area contributed by atoms with Gasteiger partial charge in [-0.15, -0.1) is 0 Å². The number of nitrogens with zero attached hydrogens (tertiary/aromatic N) is 1. The Balaban J connectivity index is 2.29. The molecule has 1 N–H and O–H groups in total. The molecule has 1 aliphatic heterocycles. The fourth-order valence-corrected chi connectivity index (χ4v) is 4.02. The fraction of sp³-hybridized carbons (Fsp3) is 0.538. The summed E-state index contributed by atoms with van der Waals surface area (Å²) in [6.07, 6.45) is 0. The summed E-state index contributed by atoms with van der Waals surface area (Å²) >= 11 is 5.36. The first-order valence-corrected chi connectivity index (χ1v) is 7.98. The zero-order valence-electron chi connectivity index (χ0n) is 10.6. The van der Waals surface area contributed by atoms with Crippen LogP contribution >= 0.6 is 27.7 Å². The van der Waals surface area contributed by atoms with Crippen molar-refractivity contribution in [1.29, 1.82) is 0 Å². The fourth-order valence-electron chi connectivity index (χ4n) is 2.36. The molecule has 0 amide bonds. The molecule has 100 valence electrons. The van der Waals surface area contributed by atoms with Crippen molar-refractivity contribution in [3.05, 3.63) is 34.1 Å². The summed E-state index contributed by atoms with van der Waals surface area (Å²) in [4.78, 5) is 2.32. The third kappa shape index (κ3) is 3.07. The summed E-state index contributed by atoms with van der Waals surface area (Å²) in [6.45, 7) is 1.06. The zero-order chi connectivity index (χ0) is 13.1. The molecule has 2 unspecified atom stereocenters. The molecule has 1 fully saturated rings. The number of halogens is 2. The minimum atomic E-state index is -0.137. The van der Waals surface area contributed by atoms with E-state index in [4.69, 9.17) is 0 Å². The Morgan fingerprint density at radius 2 is 2.33 bits per heavy atom. The Hall–Kier alpha value is -0.100. The lowest BCUT2D eigenvalue weighted by atomic mass is 9.99. The number of rotatable bonds is 3. The summed E-state index contributed by atoms with van der Waals surface area (Å²) in [6, 6.07) is 5.51. The Morgan fingerprint density at radius 1 is 1.56 bits per heavy atom. The molecule has 0 aliphatic carbocycles. The van der Waals surface area contributed by atoms with Crippen LogP contribution in [0.4, 0.5) is 4.39 Å². The summed E-state index contributed by atoms with van der Waals surface area (Å²) in [5.41, 5.74) is 0.742. The maximum atomic E-state index is 14.0. The van der Waals surface area contributed by atoms with E-state index >= 15 is 0 Å². The van der Waals surface area contributed by atoms with E-state index in [1.807, 2.05) is 24.9 Å². The summed E-state index contributed by atoms with van der Waals surface area (Å²) < 4.78 is 14.9. The molecule has 0 aromatic heterocycles.